The smallest absolute Gasteiger partial charge is 0.270 e. The van der Waals surface area contributed by atoms with Crippen LogP contribution in [0.2, 0.25) is 0 Å². The Balaban J connectivity index is 1.56. The molecular formula is C20H24FN3O6S2. The van der Waals surface area contributed by atoms with Crippen LogP contribution in [0, 0.1) is 22.9 Å². The number of nitrogens with zero attached hydrogens (tertiary/aromatic N) is 3. The third-order valence-corrected chi connectivity index (χ3v) is 9.25. The predicted molar refractivity (Wildman–Crippen MR) is 116 cm³/mol. The van der Waals surface area contributed by atoms with E-state index in [2.05, 4.69) is 0 Å². The number of benzene rings is 2. The lowest BCUT2D eigenvalue weighted by atomic mass is 10.2. The van der Waals surface area contributed by atoms with Gasteiger partial charge in [-0.05, 0) is 49.7 Å². The van der Waals surface area contributed by atoms with Crippen LogP contribution >= 0.6 is 0 Å². The van der Waals surface area contributed by atoms with Crippen LogP contribution in [0.4, 0.5) is 10.1 Å². The summed E-state index contributed by atoms with van der Waals surface area (Å²) in [6.45, 7) is 3.32. The molecule has 12 heteroatoms. The third kappa shape index (κ3) is 5.49. The van der Waals surface area contributed by atoms with Crippen LogP contribution in [0.5, 0.6) is 0 Å². The SMILES string of the molecule is Cc1ccc([N+](=O)[O-])cc1S(=O)(=O)N1CCN(CCCS(=O)(=O)c2ccc(F)cc2)CC1. The zero-order valence-corrected chi connectivity index (χ0v) is 19.1. The molecule has 1 aliphatic heterocycles. The van der Waals surface area contributed by atoms with Gasteiger partial charge in [0.1, 0.15) is 5.82 Å². The largest absolute Gasteiger partial charge is 0.301 e. The average molecular weight is 486 g/mol. The van der Waals surface area contributed by atoms with Crippen molar-refractivity contribution in [1.29, 1.82) is 0 Å². The van der Waals surface area contributed by atoms with Crippen LogP contribution in [0.1, 0.15) is 12.0 Å². The molecule has 0 unspecified atom stereocenters. The molecule has 1 aliphatic rings. The second-order valence-electron chi connectivity index (χ2n) is 7.58. The highest BCUT2D eigenvalue weighted by molar-refractivity contribution is 7.91. The van der Waals surface area contributed by atoms with Crippen molar-refractivity contribution in [3.8, 4) is 0 Å². The van der Waals surface area contributed by atoms with Gasteiger partial charge < -0.3 is 4.90 Å². The summed E-state index contributed by atoms with van der Waals surface area (Å²) < 4.78 is 65.0. The maximum atomic E-state index is 13.0. The lowest BCUT2D eigenvalue weighted by Crippen LogP contribution is -2.49. The first kappa shape index (κ1) is 24.2. The van der Waals surface area contributed by atoms with Gasteiger partial charge in [0, 0.05) is 38.3 Å². The summed E-state index contributed by atoms with van der Waals surface area (Å²) in [5.41, 5.74) is 0.152. The lowest BCUT2D eigenvalue weighted by molar-refractivity contribution is -0.385. The summed E-state index contributed by atoms with van der Waals surface area (Å²) in [5.74, 6) is -0.596. The van der Waals surface area contributed by atoms with Gasteiger partial charge in [-0.25, -0.2) is 21.2 Å². The molecule has 1 saturated heterocycles. The first-order valence-electron chi connectivity index (χ1n) is 9.96. The summed E-state index contributed by atoms with van der Waals surface area (Å²) in [6.07, 6.45) is 0.358. The lowest BCUT2D eigenvalue weighted by Gasteiger charge is -2.34. The van der Waals surface area contributed by atoms with E-state index in [0.29, 0.717) is 31.6 Å². The molecule has 2 aromatic carbocycles. The Bertz CT molecular complexity index is 1190. The molecule has 0 radical (unpaired) electrons. The zero-order chi connectivity index (χ0) is 23.5. The molecule has 2 aromatic rings. The minimum atomic E-state index is -3.88. The van der Waals surface area contributed by atoms with Crippen molar-refractivity contribution >= 4 is 25.5 Å². The summed E-state index contributed by atoms with van der Waals surface area (Å²) in [4.78, 5) is 12.4. The van der Waals surface area contributed by atoms with E-state index in [4.69, 9.17) is 0 Å². The second kappa shape index (κ2) is 9.61. The summed E-state index contributed by atoms with van der Waals surface area (Å²) >= 11 is 0. The van der Waals surface area contributed by atoms with E-state index in [0.717, 1.165) is 18.2 Å². The molecule has 9 nitrogen and oxygen atoms in total. The molecule has 174 valence electrons. The van der Waals surface area contributed by atoms with Crippen molar-refractivity contribution in [2.24, 2.45) is 0 Å². The first-order valence-corrected chi connectivity index (χ1v) is 13.1. The van der Waals surface area contributed by atoms with Crippen LogP contribution in [0.15, 0.2) is 52.3 Å². The molecular weight excluding hydrogens is 461 g/mol. The van der Waals surface area contributed by atoms with E-state index in [1.807, 2.05) is 4.90 Å². The fourth-order valence-corrected chi connectivity index (χ4v) is 6.51. The number of hydrogen-bond donors (Lipinski definition) is 0. The molecule has 0 amide bonds. The molecule has 0 N–H and O–H groups in total. The topological polar surface area (TPSA) is 118 Å². The van der Waals surface area contributed by atoms with Crippen LogP contribution in [-0.2, 0) is 19.9 Å². The van der Waals surface area contributed by atoms with Crippen LogP contribution < -0.4 is 0 Å². The Morgan fingerprint density at radius 3 is 2.22 bits per heavy atom. The van der Waals surface area contributed by atoms with E-state index >= 15 is 0 Å². The van der Waals surface area contributed by atoms with Crippen molar-refractivity contribution in [2.75, 3.05) is 38.5 Å². The maximum Gasteiger partial charge on any atom is 0.270 e. The summed E-state index contributed by atoms with van der Waals surface area (Å²) in [5, 5.41) is 11.0. The molecule has 0 aliphatic carbocycles. The van der Waals surface area contributed by atoms with Gasteiger partial charge in [-0.1, -0.05) is 6.07 Å². The predicted octanol–water partition coefficient (Wildman–Crippen LogP) is 2.21. The number of piperazine rings is 1. The summed E-state index contributed by atoms with van der Waals surface area (Å²) in [6, 6.07) is 8.46. The average Bonchev–Trinajstić information content (AvgIpc) is 2.74. The van der Waals surface area contributed by atoms with E-state index in [-0.39, 0.29) is 34.3 Å². The fourth-order valence-electron chi connectivity index (χ4n) is 3.55. The number of hydrogen-bond acceptors (Lipinski definition) is 7. The van der Waals surface area contributed by atoms with Crippen LogP contribution in [0.25, 0.3) is 0 Å². The molecule has 0 saturated carbocycles. The molecule has 0 bridgehead atoms. The molecule has 0 aromatic heterocycles. The van der Waals surface area contributed by atoms with Gasteiger partial charge in [0.15, 0.2) is 9.84 Å². The van der Waals surface area contributed by atoms with E-state index in [1.165, 1.54) is 28.6 Å². The number of aryl methyl sites for hydroxylation is 1. The Morgan fingerprint density at radius 1 is 1.00 bits per heavy atom. The molecule has 1 heterocycles. The minimum absolute atomic E-state index is 0.0714. The van der Waals surface area contributed by atoms with Gasteiger partial charge in [-0.15, -0.1) is 0 Å². The number of nitro groups is 1. The number of non-ortho nitro benzene ring substituents is 1. The van der Waals surface area contributed by atoms with E-state index in [9.17, 15) is 31.3 Å². The van der Waals surface area contributed by atoms with Gasteiger partial charge in [-0.3, -0.25) is 10.1 Å². The van der Waals surface area contributed by atoms with Gasteiger partial charge >= 0.3 is 0 Å². The Morgan fingerprint density at radius 2 is 1.62 bits per heavy atom. The third-order valence-electron chi connectivity index (χ3n) is 5.39. The molecule has 0 spiro atoms. The second-order valence-corrected chi connectivity index (χ2v) is 11.6. The summed E-state index contributed by atoms with van der Waals surface area (Å²) in [7, 11) is -7.40. The standard InChI is InChI=1S/C20H24FN3O6S2/c1-16-3-6-18(24(25)26)15-20(16)32(29,30)23-12-10-22(11-13-23)9-2-14-31(27,28)19-7-4-17(21)5-8-19/h3-8,15H,2,9-14H2,1H3. The van der Waals surface area contributed by atoms with Crippen molar-refractivity contribution in [1.82, 2.24) is 9.21 Å². The normalized spacial score (nSPS) is 16.2. The first-order chi connectivity index (χ1) is 15.0. The highest BCUT2D eigenvalue weighted by Gasteiger charge is 2.31. The maximum absolute atomic E-state index is 13.0. The van der Waals surface area contributed by atoms with Gasteiger partial charge in [0.05, 0.1) is 20.5 Å². The fraction of sp³-hybridized carbons (Fsp3) is 0.400. The molecule has 1 fully saturated rings. The van der Waals surface area contributed by atoms with Crippen LogP contribution in [-0.4, -0.2) is 69.4 Å². The Hall–Kier alpha value is -2.41. The number of halogens is 1. The Labute approximate surface area is 186 Å². The quantitative estimate of drug-likeness (QED) is 0.320. The molecule has 32 heavy (non-hydrogen) atoms. The van der Waals surface area contributed by atoms with Crippen LogP contribution in [0.3, 0.4) is 0 Å². The highest BCUT2D eigenvalue weighted by atomic mass is 32.2. The molecule has 3 rings (SSSR count). The van der Waals surface area contributed by atoms with Gasteiger partial charge in [0.25, 0.3) is 5.69 Å². The Kier molecular flexibility index (Phi) is 7.28. The molecule has 0 atom stereocenters. The number of nitro benzene ring substituents is 1. The van der Waals surface area contributed by atoms with Crippen molar-refractivity contribution in [3.05, 3.63) is 64.0 Å². The van der Waals surface area contributed by atoms with E-state index < -0.39 is 30.6 Å². The number of sulfone groups is 1. The van der Waals surface area contributed by atoms with Gasteiger partial charge in [0.2, 0.25) is 10.0 Å². The monoisotopic (exact) mass is 485 g/mol. The number of sulfonamides is 1. The number of rotatable bonds is 8. The van der Waals surface area contributed by atoms with Gasteiger partial charge in [-0.2, -0.15) is 4.31 Å². The van der Waals surface area contributed by atoms with Crippen molar-refractivity contribution in [3.63, 3.8) is 0 Å². The highest BCUT2D eigenvalue weighted by Crippen LogP contribution is 2.25. The minimum Gasteiger partial charge on any atom is -0.301 e. The zero-order valence-electron chi connectivity index (χ0n) is 17.5. The van der Waals surface area contributed by atoms with Crippen molar-refractivity contribution < 1.29 is 26.1 Å². The van der Waals surface area contributed by atoms with Crippen molar-refractivity contribution in [2.45, 2.75) is 23.1 Å². The van der Waals surface area contributed by atoms with E-state index in [1.54, 1.807) is 6.92 Å².